The van der Waals surface area contributed by atoms with Crippen molar-refractivity contribution >= 4 is 29.8 Å². The molecule has 11 nitrogen and oxygen atoms in total. The number of aryl methyl sites for hydroxylation is 1. The maximum absolute atomic E-state index is 13.0. The minimum atomic E-state index is -0.963. The molecule has 0 saturated carbocycles. The first-order valence-electron chi connectivity index (χ1n) is 17.7. The molecule has 1 aromatic rings. The lowest BCUT2D eigenvalue weighted by atomic mass is 9.73. The van der Waals surface area contributed by atoms with Crippen molar-refractivity contribution in [2.24, 2.45) is 11.8 Å². The van der Waals surface area contributed by atoms with Crippen molar-refractivity contribution in [1.29, 1.82) is 0 Å². The lowest BCUT2D eigenvalue weighted by Crippen LogP contribution is -2.30. The average Bonchev–Trinajstić information content (AvgIpc) is 3.01. The third-order valence-electron chi connectivity index (χ3n) is 8.50. The van der Waals surface area contributed by atoms with E-state index in [-0.39, 0.29) is 56.7 Å². The molecule has 1 N–H and O–H groups in total. The van der Waals surface area contributed by atoms with Crippen molar-refractivity contribution in [1.82, 2.24) is 0 Å². The number of aromatic hydroxyl groups is 1. The monoisotopic (exact) mass is 700 g/mol. The fourth-order valence-electron chi connectivity index (χ4n) is 5.92. The van der Waals surface area contributed by atoms with E-state index in [0.29, 0.717) is 24.2 Å². The summed E-state index contributed by atoms with van der Waals surface area (Å²) in [6.45, 7) is 14.1. The molecule has 0 radical (unpaired) electrons. The molecule has 1 aliphatic rings. The van der Waals surface area contributed by atoms with Crippen LogP contribution in [0.25, 0.3) is 0 Å². The summed E-state index contributed by atoms with van der Waals surface area (Å²) in [7, 11) is 0. The van der Waals surface area contributed by atoms with Gasteiger partial charge in [0.05, 0.1) is 6.61 Å². The Bertz CT molecular complexity index is 1340. The SMILES string of the molecule is C=C(C)[C@@H]1CCC(C)=C[C@H]1c1c(O)cc(CCCCC)cc1OC(=O)CCCCOC(=O)CC(C)CC(=O)OC(COC(C)=O)COC(C)=O. The number of esters is 5. The highest BCUT2D eigenvalue weighted by molar-refractivity contribution is 5.74. The van der Waals surface area contributed by atoms with Crippen molar-refractivity contribution in [3.8, 4) is 11.5 Å². The average molecular weight is 701 g/mol. The van der Waals surface area contributed by atoms with Gasteiger partial charge in [0.2, 0.25) is 0 Å². The second-order valence-corrected chi connectivity index (χ2v) is 13.4. The van der Waals surface area contributed by atoms with Gasteiger partial charge in [-0.15, -0.1) is 0 Å². The number of allylic oxidation sites excluding steroid dienone is 3. The van der Waals surface area contributed by atoms with E-state index in [1.165, 1.54) is 19.4 Å². The third-order valence-corrected chi connectivity index (χ3v) is 8.50. The van der Waals surface area contributed by atoms with Gasteiger partial charge in [0.1, 0.15) is 24.7 Å². The van der Waals surface area contributed by atoms with Gasteiger partial charge in [0.15, 0.2) is 6.10 Å². The van der Waals surface area contributed by atoms with Crippen molar-refractivity contribution in [2.45, 2.75) is 124 Å². The summed E-state index contributed by atoms with van der Waals surface area (Å²) in [5.74, 6) is -2.63. The van der Waals surface area contributed by atoms with E-state index in [1.807, 2.05) is 13.0 Å². The largest absolute Gasteiger partial charge is 0.507 e. The Kier molecular flexibility index (Phi) is 18.3. The Hall–Kier alpha value is -4.15. The van der Waals surface area contributed by atoms with E-state index in [4.69, 9.17) is 23.7 Å². The lowest BCUT2D eigenvalue weighted by molar-refractivity contribution is -0.166. The van der Waals surface area contributed by atoms with Crippen LogP contribution in [0.2, 0.25) is 0 Å². The molecule has 278 valence electrons. The zero-order valence-corrected chi connectivity index (χ0v) is 30.7. The van der Waals surface area contributed by atoms with Crippen LogP contribution in [0.1, 0.15) is 123 Å². The van der Waals surface area contributed by atoms with Crippen LogP contribution in [0.5, 0.6) is 11.5 Å². The van der Waals surface area contributed by atoms with Crippen LogP contribution in [0.4, 0.5) is 0 Å². The molecule has 0 fully saturated rings. The summed E-state index contributed by atoms with van der Waals surface area (Å²) < 4.78 is 26.2. The van der Waals surface area contributed by atoms with Crippen molar-refractivity contribution in [3.05, 3.63) is 47.1 Å². The molecule has 11 heteroatoms. The lowest BCUT2D eigenvalue weighted by Gasteiger charge is -2.32. The van der Waals surface area contributed by atoms with Gasteiger partial charge in [-0.2, -0.15) is 0 Å². The normalized spacial score (nSPS) is 16.2. The zero-order valence-electron chi connectivity index (χ0n) is 30.7. The number of ether oxygens (including phenoxy) is 5. The van der Waals surface area contributed by atoms with Gasteiger partial charge in [-0.1, -0.05) is 50.5 Å². The van der Waals surface area contributed by atoms with E-state index in [9.17, 15) is 29.1 Å². The number of unbranched alkanes of at least 4 members (excludes halogenated alkanes) is 3. The number of phenolic OH excluding ortho intramolecular Hbond substituents is 1. The number of hydrogen-bond donors (Lipinski definition) is 1. The zero-order chi connectivity index (χ0) is 37.2. The highest BCUT2D eigenvalue weighted by Gasteiger charge is 2.31. The standard InChI is InChI=1S/C39H56O11/c1-8-9-10-13-30-21-34(42)39(33-18-26(4)15-16-32(33)25(2)3)35(22-30)50-36(43)14-11-12-17-46-37(44)19-27(5)20-38(45)49-31(23-47-28(6)40)24-48-29(7)41/h18,21-22,27,31-33,42H,2,8-17,19-20,23-24H2,1,3-7H3/t27?,32-,33+/m0/s1. The first-order chi connectivity index (χ1) is 23.7. The molecular weight excluding hydrogens is 644 g/mol. The molecular formula is C39H56O11. The molecule has 0 bridgehead atoms. The van der Waals surface area contributed by atoms with E-state index in [0.717, 1.165) is 49.7 Å². The molecule has 0 spiro atoms. The molecule has 0 aromatic heterocycles. The number of phenols is 1. The number of carbonyl (C=O) groups excluding carboxylic acids is 5. The molecule has 2 rings (SSSR count). The fourth-order valence-corrected chi connectivity index (χ4v) is 5.92. The number of hydrogen-bond acceptors (Lipinski definition) is 11. The van der Waals surface area contributed by atoms with Gasteiger partial charge < -0.3 is 28.8 Å². The highest BCUT2D eigenvalue weighted by Crippen LogP contribution is 2.47. The van der Waals surface area contributed by atoms with Crippen molar-refractivity contribution < 1.29 is 52.8 Å². The van der Waals surface area contributed by atoms with Crippen LogP contribution in [0, 0.1) is 11.8 Å². The topological polar surface area (TPSA) is 152 Å². The maximum atomic E-state index is 13.0. The number of benzene rings is 1. The number of carbonyl (C=O) groups is 5. The van der Waals surface area contributed by atoms with Gasteiger partial charge in [-0.25, -0.2) is 0 Å². The highest BCUT2D eigenvalue weighted by atomic mass is 16.6. The summed E-state index contributed by atoms with van der Waals surface area (Å²) in [6.07, 6.45) is 7.75. The minimum Gasteiger partial charge on any atom is -0.507 e. The summed E-state index contributed by atoms with van der Waals surface area (Å²) in [5, 5.41) is 11.2. The molecule has 0 amide bonds. The van der Waals surface area contributed by atoms with Crippen molar-refractivity contribution in [2.75, 3.05) is 19.8 Å². The van der Waals surface area contributed by atoms with Crippen LogP contribution in [-0.2, 0) is 49.3 Å². The van der Waals surface area contributed by atoms with Crippen molar-refractivity contribution in [3.63, 3.8) is 0 Å². The molecule has 1 unspecified atom stereocenters. The second kappa shape index (κ2) is 21.8. The molecule has 0 aliphatic heterocycles. The molecule has 0 saturated heterocycles. The summed E-state index contributed by atoms with van der Waals surface area (Å²) >= 11 is 0. The number of rotatable bonds is 21. The van der Waals surface area contributed by atoms with Gasteiger partial charge >= 0.3 is 29.8 Å². The Morgan fingerprint density at radius 3 is 2.18 bits per heavy atom. The quantitative estimate of drug-likeness (QED) is 0.0455. The van der Waals surface area contributed by atoms with Crippen LogP contribution in [0.3, 0.4) is 0 Å². The second-order valence-electron chi connectivity index (χ2n) is 13.4. The van der Waals surface area contributed by atoms with E-state index in [1.54, 1.807) is 13.0 Å². The molecule has 50 heavy (non-hydrogen) atoms. The predicted octanol–water partition coefficient (Wildman–Crippen LogP) is 7.21. The van der Waals surface area contributed by atoms with Gasteiger partial charge in [-0.3, -0.25) is 24.0 Å². The molecule has 0 heterocycles. The van der Waals surface area contributed by atoms with Gasteiger partial charge in [0, 0.05) is 44.6 Å². The molecule has 1 aromatic carbocycles. The first kappa shape index (κ1) is 42.0. The summed E-state index contributed by atoms with van der Waals surface area (Å²) in [5.41, 5.74) is 3.78. The summed E-state index contributed by atoms with van der Waals surface area (Å²) in [4.78, 5) is 60.0. The Morgan fingerprint density at radius 1 is 0.900 bits per heavy atom. The fraction of sp³-hybridized carbons (Fsp3) is 0.615. The van der Waals surface area contributed by atoms with E-state index < -0.39 is 41.9 Å². The predicted molar refractivity (Wildman–Crippen MR) is 187 cm³/mol. The molecule has 3 atom stereocenters. The summed E-state index contributed by atoms with van der Waals surface area (Å²) in [6, 6.07) is 3.68. The maximum Gasteiger partial charge on any atom is 0.311 e. The van der Waals surface area contributed by atoms with Crippen LogP contribution >= 0.6 is 0 Å². The van der Waals surface area contributed by atoms with Crippen LogP contribution in [-0.4, -0.2) is 60.9 Å². The van der Waals surface area contributed by atoms with Gasteiger partial charge in [-0.05, 0) is 81.9 Å². The Balaban J connectivity index is 1.90. The Labute approximate surface area is 296 Å². The van der Waals surface area contributed by atoms with E-state index in [2.05, 4.69) is 26.5 Å². The smallest absolute Gasteiger partial charge is 0.311 e. The Morgan fingerprint density at radius 2 is 1.56 bits per heavy atom. The van der Waals surface area contributed by atoms with Crippen LogP contribution < -0.4 is 4.74 Å². The van der Waals surface area contributed by atoms with Gasteiger partial charge in [0.25, 0.3) is 0 Å². The first-order valence-corrected chi connectivity index (χ1v) is 17.7. The van der Waals surface area contributed by atoms with Crippen LogP contribution in [0.15, 0.2) is 35.9 Å². The third kappa shape index (κ3) is 15.6. The van der Waals surface area contributed by atoms with E-state index >= 15 is 0 Å². The minimum absolute atomic E-state index is 0.0309. The molecule has 1 aliphatic carbocycles.